The molecule has 1 unspecified atom stereocenters. The summed E-state index contributed by atoms with van der Waals surface area (Å²) in [5.74, 6) is 0.594. The quantitative estimate of drug-likeness (QED) is 0.550. The third kappa shape index (κ3) is 5.37. The van der Waals surface area contributed by atoms with Gasteiger partial charge in [-0.05, 0) is 44.0 Å². The Kier molecular flexibility index (Phi) is 7.07. The number of thiophene rings is 1. The van der Waals surface area contributed by atoms with Gasteiger partial charge in [0, 0.05) is 4.88 Å². The highest BCUT2D eigenvalue weighted by Gasteiger charge is 2.20. The summed E-state index contributed by atoms with van der Waals surface area (Å²) >= 11 is 1.62. The Morgan fingerprint density at radius 2 is 1.93 bits per heavy atom. The lowest BCUT2D eigenvalue weighted by Gasteiger charge is -2.21. The van der Waals surface area contributed by atoms with E-state index in [2.05, 4.69) is 5.32 Å². The van der Waals surface area contributed by atoms with Crippen molar-refractivity contribution in [3.63, 3.8) is 0 Å². The van der Waals surface area contributed by atoms with Gasteiger partial charge in [-0.25, -0.2) is 4.79 Å². The molecule has 3 aromatic rings. The Morgan fingerprint density at radius 3 is 2.57 bits per heavy atom. The average molecular weight is 427 g/mol. The van der Waals surface area contributed by atoms with E-state index in [4.69, 9.17) is 9.15 Å². The molecular weight excluding hydrogens is 400 g/mol. The molecule has 0 aliphatic heterocycles. The number of hydrogen-bond acceptors (Lipinski definition) is 6. The lowest BCUT2D eigenvalue weighted by Crippen LogP contribution is -2.37. The average Bonchev–Trinajstić information content (AvgIpc) is 3.36. The van der Waals surface area contributed by atoms with E-state index >= 15 is 0 Å². The minimum atomic E-state index is -0.431. The van der Waals surface area contributed by atoms with Crippen molar-refractivity contribution in [2.24, 2.45) is 0 Å². The first kappa shape index (κ1) is 21.8. The first-order valence-electron chi connectivity index (χ1n) is 9.63. The highest BCUT2D eigenvalue weighted by atomic mass is 32.1. The number of methoxy groups -OCH3 is 1. The van der Waals surface area contributed by atoms with E-state index in [0.29, 0.717) is 23.6 Å². The van der Waals surface area contributed by atoms with Crippen LogP contribution in [0.25, 0.3) is 0 Å². The Labute approximate surface area is 180 Å². The van der Waals surface area contributed by atoms with Crippen molar-refractivity contribution in [2.75, 3.05) is 20.7 Å². The number of nitrogens with zero attached hydrogens (tertiary/aromatic N) is 1. The van der Waals surface area contributed by atoms with E-state index in [0.717, 1.165) is 10.4 Å². The first-order valence-corrected chi connectivity index (χ1v) is 10.5. The van der Waals surface area contributed by atoms with E-state index in [1.165, 1.54) is 12.7 Å². The lowest BCUT2D eigenvalue weighted by atomic mass is 10.0. The molecule has 0 saturated carbocycles. The number of ether oxygens (including phenoxy) is 1. The topological polar surface area (TPSA) is 71.8 Å². The summed E-state index contributed by atoms with van der Waals surface area (Å²) in [6.07, 6.45) is 0. The van der Waals surface area contributed by atoms with Crippen LogP contribution >= 0.6 is 11.3 Å². The van der Waals surface area contributed by atoms with Crippen LogP contribution in [-0.4, -0.2) is 37.5 Å². The second kappa shape index (κ2) is 9.73. The summed E-state index contributed by atoms with van der Waals surface area (Å²) < 4.78 is 10.4. The fraction of sp³-hybridized carbons (Fsp3) is 0.304. The summed E-state index contributed by atoms with van der Waals surface area (Å²) in [6, 6.07) is 13.7. The third-order valence-corrected chi connectivity index (χ3v) is 5.69. The third-order valence-electron chi connectivity index (χ3n) is 4.76. The van der Waals surface area contributed by atoms with Gasteiger partial charge in [0.1, 0.15) is 17.1 Å². The minimum absolute atomic E-state index is 0.0899. The second-order valence-electron chi connectivity index (χ2n) is 7.27. The molecule has 7 heteroatoms. The molecule has 3 rings (SSSR count). The molecule has 0 radical (unpaired) electrons. The predicted octanol–water partition coefficient (Wildman–Crippen LogP) is 4.08. The molecule has 30 heavy (non-hydrogen) atoms. The van der Waals surface area contributed by atoms with Gasteiger partial charge in [-0.1, -0.05) is 35.9 Å². The van der Waals surface area contributed by atoms with Crippen LogP contribution in [0.15, 0.2) is 52.3 Å². The van der Waals surface area contributed by atoms with Gasteiger partial charge < -0.3 is 14.5 Å². The van der Waals surface area contributed by atoms with E-state index in [1.54, 1.807) is 24.3 Å². The van der Waals surface area contributed by atoms with Crippen molar-refractivity contribution in [1.29, 1.82) is 0 Å². The summed E-state index contributed by atoms with van der Waals surface area (Å²) in [4.78, 5) is 27.4. The number of furan rings is 1. The molecule has 158 valence electrons. The maximum atomic E-state index is 12.8. The van der Waals surface area contributed by atoms with Crippen LogP contribution in [0.1, 0.15) is 43.9 Å². The Bertz CT molecular complexity index is 993. The van der Waals surface area contributed by atoms with Crippen molar-refractivity contribution in [3.8, 4) is 0 Å². The van der Waals surface area contributed by atoms with Gasteiger partial charge in [-0.3, -0.25) is 9.69 Å². The number of aryl methyl sites for hydroxylation is 2. The van der Waals surface area contributed by atoms with Gasteiger partial charge in [-0.2, -0.15) is 0 Å². The molecule has 1 N–H and O–H groups in total. The van der Waals surface area contributed by atoms with Crippen molar-refractivity contribution >= 4 is 23.2 Å². The zero-order chi connectivity index (χ0) is 21.7. The van der Waals surface area contributed by atoms with Crippen molar-refractivity contribution < 1.29 is 18.7 Å². The molecule has 2 aromatic heterocycles. The summed E-state index contributed by atoms with van der Waals surface area (Å²) in [7, 11) is 3.17. The van der Waals surface area contributed by atoms with Crippen LogP contribution in [-0.2, 0) is 16.1 Å². The van der Waals surface area contributed by atoms with Crippen molar-refractivity contribution in [3.05, 3.63) is 80.9 Å². The van der Waals surface area contributed by atoms with Gasteiger partial charge in [0.25, 0.3) is 0 Å². The number of likely N-dealkylation sites (N-methyl/N-ethyl adjacent to an activating group) is 1. The highest BCUT2D eigenvalue weighted by Crippen LogP contribution is 2.26. The van der Waals surface area contributed by atoms with Crippen LogP contribution in [0.4, 0.5) is 0 Å². The fourth-order valence-corrected chi connectivity index (χ4v) is 4.04. The number of nitrogens with one attached hydrogen (secondary N) is 1. The van der Waals surface area contributed by atoms with Crippen molar-refractivity contribution in [1.82, 2.24) is 10.2 Å². The van der Waals surface area contributed by atoms with Crippen LogP contribution in [0.2, 0.25) is 0 Å². The van der Waals surface area contributed by atoms with Gasteiger partial charge in [0.2, 0.25) is 5.91 Å². The van der Waals surface area contributed by atoms with Gasteiger partial charge in [-0.15, -0.1) is 11.3 Å². The number of amides is 1. The van der Waals surface area contributed by atoms with E-state index in [1.807, 2.05) is 60.6 Å². The van der Waals surface area contributed by atoms with Gasteiger partial charge in [0.15, 0.2) is 0 Å². The fourth-order valence-electron chi connectivity index (χ4n) is 3.24. The smallest absolute Gasteiger partial charge is 0.341 e. The Morgan fingerprint density at radius 1 is 1.20 bits per heavy atom. The number of benzene rings is 1. The maximum Gasteiger partial charge on any atom is 0.341 e. The summed E-state index contributed by atoms with van der Waals surface area (Å²) in [6.45, 7) is 4.36. The number of esters is 1. The minimum Gasteiger partial charge on any atom is -0.465 e. The van der Waals surface area contributed by atoms with Crippen LogP contribution < -0.4 is 5.32 Å². The summed E-state index contributed by atoms with van der Waals surface area (Å²) in [5, 5.41) is 5.15. The molecule has 0 spiro atoms. The molecule has 2 heterocycles. The Balaban J connectivity index is 1.65. The van der Waals surface area contributed by atoms with Crippen LogP contribution in [0.5, 0.6) is 0 Å². The summed E-state index contributed by atoms with van der Waals surface area (Å²) in [5.41, 5.74) is 2.63. The molecule has 0 aliphatic rings. The highest BCUT2D eigenvalue weighted by molar-refractivity contribution is 7.10. The zero-order valence-electron chi connectivity index (χ0n) is 17.6. The SMILES string of the molecule is COC(=O)c1cc(CN(C)CC(=O)NC(c2ccc(C)cc2)c2cccs2)oc1C. The predicted molar refractivity (Wildman–Crippen MR) is 117 cm³/mol. The molecule has 0 saturated heterocycles. The van der Waals surface area contributed by atoms with Gasteiger partial charge in [0.05, 0.1) is 26.2 Å². The van der Waals surface area contributed by atoms with E-state index in [-0.39, 0.29) is 18.5 Å². The maximum absolute atomic E-state index is 12.8. The zero-order valence-corrected chi connectivity index (χ0v) is 18.4. The van der Waals surface area contributed by atoms with E-state index < -0.39 is 5.97 Å². The first-order chi connectivity index (χ1) is 14.4. The molecule has 0 aliphatic carbocycles. The molecular formula is C23H26N2O4S. The second-order valence-corrected chi connectivity index (χ2v) is 8.25. The standard InChI is InChI=1S/C23H26N2O4S/c1-15-7-9-17(10-8-15)22(20-6-5-11-30-20)24-21(26)14-25(3)13-18-12-19(16(2)29-18)23(27)28-4/h5-12,22H,13-14H2,1-4H3,(H,24,26). The molecule has 0 fully saturated rings. The lowest BCUT2D eigenvalue weighted by molar-refractivity contribution is -0.122. The van der Waals surface area contributed by atoms with Crippen LogP contribution in [0, 0.1) is 13.8 Å². The van der Waals surface area contributed by atoms with Crippen molar-refractivity contribution in [2.45, 2.75) is 26.4 Å². The molecule has 1 amide bonds. The molecule has 1 aromatic carbocycles. The number of rotatable bonds is 8. The molecule has 1 atom stereocenters. The number of hydrogen-bond donors (Lipinski definition) is 1. The molecule has 6 nitrogen and oxygen atoms in total. The Hall–Kier alpha value is -2.90. The van der Waals surface area contributed by atoms with Crippen LogP contribution in [0.3, 0.4) is 0 Å². The van der Waals surface area contributed by atoms with E-state index in [9.17, 15) is 9.59 Å². The monoisotopic (exact) mass is 426 g/mol. The molecule has 0 bridgehead atoms. The normalized spacial score (nSPS) is 12.0. The number of carbonyl (C=O) groups excluding carboxylic acids is 2. The van der Waals surface area contributed by atoms with Gasteiger partial charge >= 0.3 is 5.97 Å². The largest absolute Gasteiger partial charge is 0.465 e. The number of carbonyl (C=O) groups is 2.